The van der Waals surface area contributed by atoms with Gasteiger partial charge in [0.25, 0.3) is 0 Å². The van der Waals surface area contributed by atoms with Crippen molar-refractivity contribution in [1.29, 1.82) is 0 Å². The Morgan fingerprint density at radius 2 is 2.19 bits per heavy atom. The third-order valence-corrected chi connectivity index (χ3v) is 7.20. The van der Waals surface area contributed by atoms with Gasteiger partial charge in [-0.3, -0.25) is 0 Å². The van der Waals surface area contributed by atoms with E-state index < -0.39 is 0 Å². The van der Waals surface area contributed by atoms with Gasteiger partial charge in [0.1, 0.15) is 23.3 Å². The largest absolute Gasteiger partial charge is 0.349 e. The molecule has 1 saturated heterocycles. The molecule has 0 aromatic carbocycles. The van der Waals surface area contributed by atoms with E-state index in [1.54, 1.807) is 6.33 Å². The molecule has 1 aliphatic carbocycles. The van der Waals surface area contributed by atoms with Crippen LogP contribution >= 0.6 is 0 Å². The maximum absolute atomic E-state index is 4.65. The Morgan fingerprint density at radius 3 is 2.92 bits per heavy atom. The number of hydrogen-bond donors (Lipinski definition) is 1. The number of rotatable bonds is 6. The van der Waals surface area contributed by atoms with Gasteiger partial charge in [-0.05, 0) is 51.7 Å². The zero-order valence-electron chi connectivity index (χ0n) is 16.2. The van der Waals surface area contributed by atoms with Crippen LogP contribution in [0.25, 0.3) is 11.0 Å². The second-order valence-electron chi connectivity index (χ2n) is 8.37. The Labute approximate surface area is 156 Å². The smallest absolute Gasteiger partial charge is 0.142 e. The molecule has 26 heavy (non-hydrogen) atoms. The summed E-state index contributed by atoms with van der Waals surface area (Å²) in [5.74, 6) is 1.08. The first-order valence-electron chi connectivity index (χ1n) is 10.1. The number of aromatic amines is 1. The van der Waals surface area contributed by atoms with Crippen LogP contribution in [0.5, 0.6) is 0 Å². The maximum atomic E-state index is 4.65. The molecule has 0 bridgehead atoms. The second kappa shape index (κ2) is 6.69. The van der Waals surface area contributed by atoms with Crippen LogP contribution in [0.3, 0.4) is 0 Å². The molecule has 0 amide bonds. The molecule has 2 aromatic rings. The molecule has 0 radical (unpaired) electrons. The van der Waals surface area contributed by atoms with Crippen molar-refractivity contribution in [3.8, 4) is 0 Å². The van der Waals surface area contributed by atoms with Crippen molar-refractivity contribution < 1.29 is 4.48 Å². The van der Waals surface area contributed by atoms with Crippen molar-refractivity contribution in [3.63, 3.8) is 0 Å². The summed E-state index contributed by atoms with van der Waals surface area (Å²) in [5.41, 5.74) is 1.17. The van der Waals surface area contributed by atoms with Gasteiger partial charge in [-0.25, -0.2) is 9.97 Å². The molecule has 4 rings (SSSR count). The molecule has 5 heteroatoms. The summed E-state index contributed by atoms with van der Waals surface area (Å²) in [6.07, 6.45) is 12.5. The monoisotopic (exact) mass is 354 g/mol. The number of likely N-dealkylation sites (N-methyl/N-ethyl adjacent to an activating group) is 1. The molecule has 1 N–H and O–H groups in total. The minimum atomic E-state index is 0.242. The van der Waals surface area contributed by atoms with Crippen LogP contribution in [0, 0.1) is 0 Å². The summed E-state index contributed by atoms with van der Waals surface area (Å²) in [6, 6.07) is 2.88. The normalized spacial score (nSPS) is 26.5. The van der Waals surface area contributed by atoms with E-state index in [-0.39, 0.29) is 5.54 Å². The number of H-pyrrole nitrogens is 1. The fourth-order valence-corrected chi connectivity index (χ4v) is 5.81. The Bertz CT molecular complexity index is 778. The molecule has 5 nitrogen and oxygen atoms in total. The van der Waals surface area contributed by atoms with E-state index in [0.29, 0.717) is 0 Å². The molecule has 0 spiro atoms. The average Bonchev–Trinajstić information content (AvgIpc) is 3.39. The van der Waals surface area contributed by atoms with E-state index in [4.69, 9.17) is 0 Å². The number of anilines is 1. The van der Waals surface area contributed by atoms with Gasteiger partial charge >= 0.3 is 0 Å². The fourth-order valence-electron chi connectivity index (χ4n) is 5.81. The van der Waals surface area contributed by atoms with Crippen LogP contribution in [0.15, 0.2) is 31.2 Å². The lowest BCUT2D eigenvalue weighted by Crippen LogP contribution is -2.68. The van der Waals surface area contributed by atoms with Crippen molar-refractivity contribution in [2.75, 3.05) is 31.1 Å². The number of nitrogens with zero attached hydrogens (tertiary/aromatic N) is 4. The van der Waals surface area contributed by atoms with Crippen LogP contribution < -0.4 is 4.90 Å². The highest BCUT2D eigenvalue weighted by atomic mass is 15.5. The number of quaternary nitrogens is 1. The second-order valence-corrected chi connectivity index (χ2v) is 8.37. The van der Waals surface area contributed by atoms with Crippen LogP contribution in [0.4, 0.5) is 5.82 Å². The van der Waals surface area contributed by atoms with E-state index >= 15 is 0 Å². The van der Waals surface area contributed by atoms with Crippen LogP contribution in [-0.2, 0) is 0 Å². The molecule has 1 aliphatic heterocycles. The summed E-state index contributed by atoms with van der Waals surface area (Å²) < 4.78 is 1.19. The summed E-state index contributed by atoms with van der Waals surface area (Å²) in [5, 5.41) is 1.14. The van der Waals surface area contributed by atoms with Crippen LogP contribution in [0.2, 0.25) is 0 Å². The molecule has 2 aromatic heterocycles. The predicted molar refractivity (Wildman–Crippen MR) is 107 cm³/mol. The zero-order valence-corrected chi connectivity index (χ0v) is 16.2. The summed E-state index contributed by atoms with van der Waals surface area (Å²) >= 11 is 0. The van der Waals surface area contributed by atoms with E-state index in [0.717, 1.165) is 42.5 Å². The molecule has 3 heterocycles. The Kier molecular flexibility index (Phi) is 4.51. The molecular formula is C21H32N5+. The van der Waals surface area contributed by atoms with E-state index in [9.17, 15) is 0 Å². The SMILES string of the molecule is C=CC[N+](CC)(C1CCCC1)C1(C)CCN(c2ncnc3[nH]ccc23)C1. The highest BCUT2D eigenvalue weighted by Crippen LogP contribution is 2.43. The highest BCUT2D eigenvalue weighted by Gasteiger charge is 2.54. The molecular weight excluding hydrogens is 322 g/mol. The maximum Gasteiger partial charge on any atom is 0.142 e. The molecule has 2 atom stereocenters. The minimum absolute atomic E-state index is 0.242. The van der Waals surface area contributed by atoms with Crippen molar-refractivity contribution in [1.82, 2.24) is 15.0 Å². The van der Waals surface area contributed by atoms with Crippen molar-refractivity contribution in [2.24, 2.45) is 0 Å². The van der Waals surface area contributed by atoms with E-state index in [1.165, 1.54) is 43.1 Å². The summed E-state index contributed by atoms with van der Waals surface area (Å²) in [6.45, 7) is 13.4. The lowest BCUT2D eigenvalue weighted by molar-refractivity contribution is -0.986. The number of hydrogen-bond acceptors (Lipinski definition) is 3. The standard InChI is InChI=1S/C21H32N5/c1-4-14-26(5-2,17-8-6-7-9-17)21(3)11-13-25(15-21)20-18-10-12-22-19(18)23-16-24-20/h4,10,12,16-17H,1,5-9,11,13-15H2,2-3H3,(H,22,23,24)/q+1. The first-order chi connectivity index (χ1) is 12.6. The summed E-state index contributed by atoms with van der Waals surface area (Å²) in [7, 11) is 0. The highest BCUT2D eigenvalue weighted by molar-refractivity contribution is 5.87. The quantitative estimate of drug-likeness (QED) is 0.632. The van der Waals surface area contributed by atoms with Crippen molar-refractivity contribution in [2.45, 2.75) is 57.5 Å². The molecule has 140 valence electrons. The van der Waals surface area contributed by atoms with Gasteiger partial charge in [-0.2, -0.15) is 0 Å². The third-order valence-electron chi connectivity index (χ3n) is 7.20. The van der Waals surface area contributed by atoms with Gasteiger partial charge < -0.3 is 14.4 Å². The topological polar surface area (TPSA) is 44.8 Å². The van der Waals surface area contributed by atoms with E-state index in [1.807, 2.05) is 6.20 Å². The molecule has 2 unspecified atom stereocenters. The van der Waals surface area contributed by atoms with Gasteiger partial charge in [-0.15, -0.1) is 0 Å². The van der Waals surface area contributed by atoms with Gasteiger partial charge in [0, 0.05) is 19.2 Å². The molecule has 2 aliphatic rings. The number of aromatic nitrogens is 3. The van der Waals surface area contributed by atoms with Crippen LogP contribution in [0.1, 0.15) is 46.0 Å². The number of nitrogens with one attached hydrogen (secondary N) is 1. The third kappa shape index (κ3) is 2.56. The zero-order chi connectivity index (χ0) is 18.2. The Hall–Kier alpha value is -1.88. The van der Waals surface area contributed by atoms with Gasteiger partial charge in [-0.1, -0.05) is 6.58 Å². The van der Waals surface area contributed by atoms with Gasteiger partial charge in [0.15, 0.2) is 0 Å². The lowest BCUT2D eigenvalue weighted by atomic mass is 9.90. The van der Waals surface area contributed by atoms with Gasteiger partial charge in [0.2, 0.25) is 0 Å². The van der Waals surface area contributed by atoms with Crippen molar-refractivity contribution >= 4 is 16.9 Å². The Balaban J connectivity index is 1.68. The summed E-state index contributed by atoms with van der Waals surface area (Å²) in [4.78, 5) is 14.7. The lowest BCUT2D eigenvalue weighted by Gasteiger charge is -2.53. The Morgan fingerprint density at radius 1 is 1.38 bits per heavy atom. The first kappa shape index (κ1) is 17.5. The number of fused-ring (bicyclic) bond motifs is 1. The fraction of sp³-hybridized carbons (Fsp3) is 0.619. The van der Waals surface area contributed by atoms with E-state index in [2.05, 4.69) is 52.4 Å². The minimum Gasteiger partial charge on any atom is -0.349 e. The van der Waals surface area contributed by atoms with Crippen LogP contribution in [-0.4, -0.2) is 57.2 Å². The molecule has 1 saturated carbocycles. The van der Waals surface area contributed by atoms with Crippen molar-refractivity contribution in [3.05, 3.63) is 31.2 Å². The van der Waals surface area contributed by atoms with Gasteiger partial charge in [0.05, 0.1) is 31.1 Å². The first-order valence-corrected chi connectivity index (χ1v) is 10.1. The average molecular weight is 355 g/mol. The molecule has 2 fully saturated rings. The predicted octanol–water partition coefficient (Wildman–Crippen LogP) is 3.89.